The van der Waals surface area contributed by atoms with Crippen LogP contribution in [-0.4, -0.2) is 33.5 Å². The predicted molar refractivity (Wildman–Crippen MR) is 94.1 cm³/mol. The van der Waals surface area contributed by atoms with E-state index in [1.807, 2.05) is 0 Å². The molecule has 0 aliphatic heterocycles. The van der Waals surface area contributed by atoms with E-state index in [1.54, 1.807) is 42.6 Å². The summed E-state index contributed by atoms with van der Waals surface area (Å²) in [6, 6.07) is 9.86. The molecule has 0 aliphatic rings. The molecule has 0 saturated carbocycles. The van der Waals surface area contributed by atoms with E-state index in [4.69, 9.17) is 16.3 Å². The van der Waals surface area contributed by atoms with E-state index in [0.29, 0.717) is 10.8 Å². The Morgan fingerprint density at radius 3 is 2.58 bits per heavy atom. The van der Waals surface area contributed by atoms with Crippen molar-refractivity contribution in [3.63, 3.8) is 0 Å². The second kappa shape index (κ2) is 8.48. The molecule has 1 atom stereocenters. The lowest BCUT2D eigenvalue weighted by Crippen LogP contribution is -2.40. The Bertz CT molecular complexity index is 761. The first kappa shape index (κ1) is 18.7. The summed E-state index contributed by atoms with van der Waals surface area (Å²) < 4.78 is 31.9. The smallest absolute Gasteiger partial charge is 0.260 e. The van der Waals surface area contributed by atoms with Crippen molar-refractivity contribution in [1.29, 1.82) is 0 Å². The summed E-state index contributed by atoms with van der Waals surface area (Å²) >= 11 is 6.91. The third-order valence-corrected chi connectivity index (χ3v) is 6.08. The summed E-state index contributed by atoms with van der Waals surface area (Å²) in [4.78, 5) is 11.9. The number of thiophene rings is 1. The molecule has 1 aromatic carbocycles. The minimum absolute atomic E-state index is 0.0969. The zero-order valence-electron chi connectivity index (χ0n) is 12.9. The highest BCUT2D eigenvalue weighted by molar-refractivity contribution is 7.91. The largest absolute Gasteiger partial charge is 0.481 e. The fourth-order valence-electron chi connectivity index (χ4n) is 1.77. The number of hydrogen-bond acceptors (Lipinski definition) is 5. The average Bonchev–Trinajstić information content (AvgIpc) is 3.09. The maximum Gasteiger partial charge on any atom is 0.260 e. The van der Waals surface area contributed by atoms with Crippen molar-refractivity contribution in [2.24, 2.45) is 0 Å². The van der Waals surface area contributed by atoms with Gasteiger partial charge in [0.15, 0.2) is 6.10 Å². The van der Waals surface area contributed by atoms with Crippen LogP contribution in [0, 0.1) is 0 Å². The molecule has 1 amide bonds. The zero-order valence-corrected chi connectivity index (χ0v) is 15.2. The molecule has 2 rings (SSSR count). The van der Waals surface area contributed by atoms with E-state index in [9.17, 15) is 13.2 Å². The maximum absolute atomic E-state index is 11.9. The number of carbonyl (C=O) groups is 1. The van der Waals surface area contributed by atoms with Crippen molar-refractivity contribution in [2.45, 2.75) is 17.2 Å². The van der Waals surface area contributed by atoms with Gasteiger partial charge in [-0.3, -0.25) is 4.79 Å². The van der Waals surface area contributed by atoms with Gasteiger partial charge in [-0.15, -0.1) is 11.3 Å². The van der Waals surface area contributed by atoms with Crippen LogP contribution in [0.3, 0.4) is 0 Å². The Hall–Kier alpha value is -1.61. The Labute approximate surface area is 149 Å². The molecule has 1 aromatic heterocycles. The predicted octanol–water partition coefficient (Wildman–Crippen LogP) is 2.26. The highest BCUT2D eigenvalue weighted by atomic mass is 35.5. The molecule has 0 fully saturated rings. The van der Waals surface area contributed by atoms with Crippen molar-refractivity contribution in [1.82, 2.24) is 10.0 Å². The van der Waals surface area contributed by atoms with Gasteiger partial charge in [0.2, 0.25) is 10.0 Å². The van der Waals surface area contributed by atoms with Crippen LogP contribution in [0.15, 0.2) is 46.0 Å². The van der Waals surface area contributed by atoms with Crippen LogP contribution in [0.5, 0.6) is 5.75 Å². The number of ether oxygens (including phenoxy) is 1. The quantitative estimate of drug-likeness (QED) is 0.679. The van der Waals surface area contributed by atoms with E-state index in [1.165, 1.54) is 6.07 Å². The van der Waals surface area contributed by atoms with Crippen LogP contribution in [0.4, 0.5) is 0 Å². The molecule has 2 aromatic rings. The first-order valence-electron chi connectivity index (χ1n) is 7.11. The number of rotatable bonds is 8. The van der Waals surface area contributed by atoms with Crippen LogP contribution in [-0.2, 0) is 14.8 Å². The fraction of sp³-hybridized carbons (Fsp3) is 0.267. The molecule has 9 heteroatoms. The average molecular weight is 389 g/mol. The van der Waals surface area contributed by atoms with Gasteiger partial charge in [0.05, 0.1) is 0 Å². The second-order valence-corrected chi connectivity index (χ2v) is 8.21. The molecule has 2 N–H and O–H groups in total. The highest BCUT2D eigenvalue weighted by Gasteiger charge is 2.16. The normalized spacial score (nSPS) is 12.6. The number of hydrogen-bond donors (Lipinski definition) is 2. The maximum atomic E-state index is 11.9. The molecule has 0 aliphatic carbocycles. The molecular weight excluding hydrogens is 372 g/mol. The second-order valence-electron chi connectivity index (χ2n) is 4.83. The summed E-state index contributed by atoms with van der Waals surface area (Å²) in [6.45, 7) is 1.87. The van der Waals surface area contributed by atoms with Crippen molar-refractivity contribution in [2.75, 3.05) is 13.1 Å². The Morgan fingerprint density at radius 1 is 1.25 bits per heavy atom. The van der Waals surface area contributed by atoms with Gasteiger partial charge in [0.1, 0.15) is 9.96 Å². The Morgan fingerprint density at radius 2 is 1.96 bits per heavy atom. The van der Waals surface area contributed by atoms with Gasteiger partial charge in [0, 0.05) is 18.1 Å². The molecular formula is C15H17ClN2O4S2. The number of amides is 1. The van der Waals surface area contributed by atoms with Gasteiger partial charge in [-0.2, -0.15) is 0 Å². The van der Waals surface area contributed by atoms with Crippen LogP contribution in [0.25, 0.3) is 0 Å². The topological polar surface area (TPSA) is 84.5 Å². The SMILES string of the molecule is CC(Oc1ccc(Cl)cc1)C(=O)NCCNS(=O)(=O)c1cccs1. The summed E-state index contributed by atoms with van der Waals surface area (Å²) in [5, 5.41) is 4.89. The molecule has 6 nitrogen and oxygen atoms in total. The lowest BCUT2D eigenvalue weighted by molar-refractivity contribution is -0.127. The van der Waals surface area contributed by atoms with E-state index in [0.717, 1.165) is 11.3 Å². The van der Waals surface area contributed by atoms with E-state index < -0.39 is 16.1 Å². The van der Waals surface area contributed by atoms with Gasteiger partial charge in [-0.05, 0) is 42.6 Å². The lowest BCUT2D eigenvalue weighted by atomic mass is 10.3. The minimum atomic E-state index is -3.51. The van der Waals surface area contributed by atoms with Gasteiger partial charge in [0.25, 0.3) is 5.91 Å². The van der Waals surface area contributed by atoms with Crippen molar-refractivity contribution < 1.29 is 17.9 Å². The van der Waals surface area contributed by atoms with E-state index in [2.05, 4.69) is 10.0 Å². The molecule has 0 saturated heterocycles. The van der Waals surface area contributed by atoms with Gasteiger partial charge >= 0.3 is 0 Å². The van der Waals surface area contributed by atoms with Gasteiger partial charge < -0.3 is 10.1 Å². The highest BCUT2D eigenvalue weighted by Crippen LogP contribution is 2.17. The number of halogens is 1. The molecule has 1 unspecified atom stereocenters. The number of sulfonamides is 1. The lowest BCUT2D eigenvalue weighted by Gasteiger charge is -2.15. The van der Waals surface area contributed by atoms with E-state index >= 15 is 0 Å². The monoisotopic (exact) mass is 388 g/mol. The number of carbonyl (C=O) groups excluding carboxylic acids is 1. The molecule has 0 radical (unpaired) electrons. The first-order valence-corrected chi connectivity index (χ1v) is 9.85. The third kappa shape index (κ3) is 5.48. The van der Waals surface area contributed by atoms with Crippen LogP contribution < -0.4 is 14.8 Å². The molecule has 0 bridgehead atoms. The molecule has 1 heterocycles. The Kier molecular flexibility index (Phi) is 6.61. The third-order valence-electron chi connectivity index (χ3n) is 2.97. The van der Waals surface area contributed by atoms with E-state index in [-0.39, 0.29) is 23.2 Å². The molecule has 130 valence electrons. The number of nitrogens with one attached hydrogen (secondary N) is 2. The molecule has 24 heavy (non-hydrogen) atoms. The summed E-state index contributed by atoms with van der Waals surface area (Å²) in [5.41, 5.74) is 0. The summed E-state index contributed by atoms with van der Waals surface area (Å²) in [7, 11) is -3.51. The van der Waals surface area contributed by atoms with Crippen LogP contribution in [0.1, 0.15) is 6.92 Å². The Balaban J connectivity index is 1.73. The van der Waals surface area contributed by atoms with Crippen LogP contribution >= 0.6 is 22.9 Å². The van der Waals surface area contributed by atoms with Crippen molar-refractivity contribution in [3.05, 3.63) is 46.8 Å². The van der Waals surface area contributed by atoms with Crippen LogP contribution in [0.2, 0.25) is 5.02 Å². The molecule has 0 spiro atoms. The summed E-state index contributed by atoms with van der Waals surface area (Å²) in [5.74, 6) is 0.195. The fourth-order valence-corrected chi connectivity index (χ4v) is 3.97. The number of benzene rings is 1. The minimum Gasteiger partial charge on any atom is -0.481 e. The first-order chi connectivity index (χ1) is 11.4. The van der Waals surface area contributed by atoms with Crippen molar-refractivity contribution in [3.8, 4) is 5.75 Å². The summed E-state index contributed by atoms with van der Waals surface area (Å²) in [6.07, 6.45) is -0.708. The van der Waals surface area contributed by atoms with Crippen molar-refractivity contribution >= 4 is 38.9 Å². The zero-order chi connectivity index (χ0) is 17.6. The van der Waals surface area contributed by atoms with Gasteiger partial charge in [-0.1, -0.05) is 17.7 Å². The standard InChI is InChI=1S/C15H17ClN2O4S2/c1-11(22-13-6-4-12(16)5-7-13)15(19)17-8-9-18-24(20,21)14-3-2-10-23-14/h2-7,10-11,18H,8-9H2,1H3,(H,17,19). The van der Waals surface area contributed by atoms with Gasteiger partial charge in [-0.25, -0.2) is 13.1 Å².